The Labute approximate surface area is 122 Å². The molecule has 0 unspecified atom stereocenters. The predicted octanol–water partition coefficient (Wildman–Crippen LogP) is 1.72. The maximum absolute atomic E-state index is 12.6. The minimum Gasteiger partial charge on any atom is -0.335 e. The molecular formula is C14H20N4OS. The molecule has 1 saturated heterocycles. The second-order valence-corrected chi connectivity index (χ2v) is 6.30. The molecule has 2 aromatic heterocycles. The summed E-state index contributed by atoms with van der Waals surface area (Å²) in [6.45, 7) is 8.84. The molecule has 0 spiro atoms. The van der Waals surface area contributed by atoms with E-state index in [1.807, 2.05) is 29.6 Å². The van der Waals surface area contributed by atoms with Gasteiger partial charge < -0.3 is 9.80 Å². The number of amides is 1. The molecule has 0 atom stereocenters. The van der Waals surface area contributed by atoms with E-state index in [0.717, 1.165) is 53.5 Å². The zero-order valence-electron chi connectivity index (χ0n) is 12.2. The molecule has 3 rings (SSSR count). The Balaban J connectivity index is 1.81. The van der Waals surface area contributed by atoms with Crippen LogP contribution in [0.1, 0.15) is 22.3 Å². The predicted molar refractivity (Wildman–Crippen MR) is 81.3 cm³/mol. The summed E-state index contributed by atoms with van der Waals surface area (Å²) in [5.41, 5.74) is 0.994. The first-order chi connectivity index (χ1) is 9.60. The molecule has 6 heteroatoms. The third kappa shape index (κ3) is 2.23. The summed E-state index contributed by atoms with van der Waals surface area (Å²) < 4.78 is 1.86. The third-order valence-electron chi connectivity index (χ3n) is 4.01. The smallest absolute Gasteiger partial charge is 0.264 e. The molecule has 1 aliphatic heterocycles. The van der Waals surface area contributed by atoms with Crippen molar-refractivity contribution in [1.82, 2.24) is 19.6 Å². The number of fused-ring (bicyclic) bond motifs is 1. The Morgan fingerprint density at radius 1 is 1.35 bits per heavy atom. The number of likely N-dealkylation sites (N-methyl/N-ethyl adjacent to an activating group) is 1. The van der Waals surface area contributed by atoms with Crippen molar-refractivity contribution in [1.29, 1.82) is 0 Å². The molecule has 0 saturated carbocycles. The quantitative estimate of drug-likeness (QED) is 0.846. The molecule has 2 aromatic rings. The van der Waals surface area contributed by atoms with E-state index in [4.69, 9.17) is 0 Å². The molecule has 0 bridgehead atoms. The summed E-state index contributed by atoms with van der Waals surface area (Å²) in [7, 11) is 1.93. The van der Waals surface area contributed by atoms with Gasteiger partial charge in [-0.3, -0.25) is 9.48 Å². The molecule has 1 fully saturated rings. The lowest BCUT2D eigenvalue weighted by molar-refractivity contribution is 0.0648. The Bertz CT molecular complexity index is 602. The Morgan fingerprint density at radius 2 is 2.05 bits per heavy atom. The molecule has 20 heavy (non-hydrogen) atoms. The summed E-state index contributed by atoms with van der Waals surface area (Å²) in [6, 6.07) is 2.00. The van der Waals surface area contributed by atoms with Crippen LogP contribution in [0.3, 0.4) is 0 Å². The van der Waals surface area contributed by atoms with Crippen molar-refractivity contribution in [2.24, 2.45) is 7.05 Å². The topological polar surface area (TPSA) is 41.4 Å². The second-order valence-electron chi connectivity index (χ2n) is 5.26. The first kappa shape index (κ1) is 13.6. The Kier molecular flexibility index (Phi) is 3.52. The van der Waals surface area contributed by atoms with Crippen LogP contribution in [0.25, 0.3) is 10.2 Å². The number of piperazine rings is 1. The highest BCUT2D eigenvalue weighted by atomic mass is 32.1. The molecule has 3 heterocycles. The number of carbonyl (C=O) groups is 1. The summed E-state index contributed by atoms with van der Waals surface area (Å²) >= 11 is 1.55. The van der Waals surface area contributed by atoms with E-state index in [9.17, 15) is 4.79 Å². The van der Waals surface area contributed by atoms with Crippen LogP contribution in [0.4, 0.5) is 0 Å². The van der Waals surface area contributed by atoms with Crippen molar-refractivity contribution in [2.45, 2.75) is 13.8 Å². The van der Waals surface area contributed by atoms with Gasteiger partial charge in [-0.2, -0.15) is 5.10 Å². The largest absolute Gasteiger partial charge is 0.335 e. The summed E-state index contributed by atoms with van der Waals surface area (Å²) in [5, 5.41) is 5.48. The van der Waals surface area contributed by atoms with Crippen LogP contribution >= 0.6 is 11.3 Å². The molecule has 5 nitrogen and oxygen atoms in total. The number of aromatic nitrogens is 2. The highest BCUT2D eigenvalue weighted by Crippen LogP contribution is 2.28. The van der Waals surface area contributed by atoms with Gasteiger partial charge in [0.25, 0.3) is 5.91 Å². The fourth-order valence-corrected chi connectivity index (χ4v) is 3.82. The van der Waals surface area contributed by atoms with E-state index >= 15 is 0 Å². The van der Waals surface area contributed by atoms with Gasteiger partial charge in [-0.1, -0.05) is 6.92 Å². The lowest BCUT2D eigenvalue weighted by atomic mass is 10.2. The molecule has 0 aromatic carbocycles. The van der Waals surface area contributed by atoms with Gasteiger partial charge in [0.15, 0.2) is 0 Å². The van der Waals surface area contributed by atoms with Crippen molar-refractivity contribution < 1.29 is 4.79 Å². The number of nitrogens with zero attached hydrogens (tertiary/aromatic N) is 4. The van der Waals surface area contributed by atoms with E-state index in [1.54, 1.807) is 11.3 Å². The van der Waals surface area contributed by atoms with E-state index in [-0.39, 0.29) is 5.91 Å². The first-order valence-corrected chi connectivity index (χ1v) is 7.86. The van der Waals surface area contributed by atoms with Crippen LogP contribution in [0.5, 0.6) is 0 Å². The lowest BCUT2D eigenvalue weighted by Gasteiger charge is -2.33. The number of hydrogen-bond acceptors (Lipinski definition) is 4. The van der Waals surface area contributed by atoms with Gasteiger partial charge in [-0.25, -0.2) is 0 Å². The normalized spacial score (nSPS) is 17.1. The van der Waals surface area contributed by atoms with Crippen molar-refractivity contribution >= 4 is 27.5 Å². The fourth-order valence-electron chi connectivity index (χ4n) is 2.73. The molecule has 1 amide bonds. The van der Waals surface area contributed by atoms with E-state index in [1.165, 1.54) is 0 Å². The highest BCUT2D eigenvalue weighted by Gasteiger charge is 2.23. The molecule has 1 aliphatic rings. The molecule has 108 valence electrons. The van der Waals surface area contributed by atoms with Crippen LogP contribution in [-0.4, -0.2) is 58.2 Å². The number of hydrogen-bond donors (Lipinski definition) is 0. The zero-order chi connectivity index (χ0) is 14.3. The molecule has 0 aliphatic carbocycles. The Hall–Kier alpha value is -1.40. The second kappa shape index (κ2) is 5.18. The van der Waals surface area contributed by atoms with Gasteiger partial charge in [0, 0.05) is 38.6 Å². The average molecular weight is 292 g/mol. The summed E-state index contributed by atoms with van der Waals surface area (Å²) in [6.07, 6.45) is 0. The minimum absolute atomic E-state index is 0.168. The van der Waals surface area contributed by atoms with Crippen molar-refractivity contribution in [3.63, 3.8) is 0 Å². The maximum atomic E-state index is 12.6. The van der Waals surface area contributed by atoms with Crippen LogP contribution in [0, 0.1) is 6.92 Å². The van der Waals surface area contributed by atoms with E-state index < -0.39 is 0 Å². The van der Waals surface area contributed by atoms with Gasteiger partial charge in [0.1, 0.15) is 4.83 Å². The van der Waals surface area contributed by atoms with Gasteiger partial charge in [0.2, 0.25) is 0 Å². The monoisotopic (exact) mass is 292 g/mol. The highest BCUT2D eigenvalue weighted by molar-refractivity contribution is 7.20. The maximum Gasteiger partial charge on any atom is 0.264 e. The Morgan fingerprint density at radius 3 is 2.65 bits per heavy atom. The number of thiophene rings is 1. The van der Waals surface area contributed by atoms with Crippen LogP contribution in [0.15, 0.2) is 6.07 Å². The standard InChI is InChI=1S/C14H20N4OS/c1-4-17-5-7-18(8-6-17)13(19)12-9-11-10(2)15-16(3)14(11)20-12/h9H,4-8H2,1-3H3. The van der Waals surface area contributed by atoms with E-state index in [0.29, 0.717) is 0 Å². The average Bonchev–Trinajstić information content (AvgIpc) is 3.01. The SMILES string of the molecule is CCN1CCN(C(=O)c2cc3c(C)nn(C)c3s2)CC1. The van der Waals surface area contributed by atoms with Gasteiger partial charge >= 0.3 is 0 Å². The van der Waals surface area contributed by atoms with Crippen molar-refractivity contribution in [3.05, 3.63) is 16.6 Å². The molecule has 0 radical (unpaired) electrons. The van der Waals surface area contributed by atoms with Crippen molar-refractivity contribution in [3.8, 4) is 0 Å². The van der Waals surface area contributed by atoms with E-state index in [2.05, 4.69) is 16.9 Å². The van der Waals surface area contributed by atoms with Gasteiger partial charge in [0.05, 0.1) is 10.6 Å². The van der Waals surface area contributed by atoms with Crippen LogP contribution in [-0.2, 0) is 7.05 Å². The third-order valence-corrected chi connectivity index (χ3v) is 5.20. The summed E-state index contributed by atoms with van der Waals surface area (Å²) in [4.78, 5) is 18.8. The van der Waals surface area contributed by atoms with Crippen LogP contribution < -0.4 is 0 Å². The number of carbonyl (C=O) groups excluding carboxylic acids is 1. The van der Waals surface area contributed by atoms with Gasteiger partial charge in [-0.15, -0.1) is 11.3 Å². The van der Waals surface area contributed by atoms with Crippen molar-refractivity contribution in [2.75, 3.05) is 32.7 Å². The minimum atomic E-state index is 0.168. The zero-order valence-corrected chi connectivity index (χ0v) is 13.0. The van der Waals surface area contributed by atoms with Crippen LogP contribution in [0.2, 0.25) is 0 Å². The molecular weight excluding hydrogens is 272 g/mol. The number of rotatable bonds is 2. The number of aryl methyl sites for hydroxylation is 2. The molecule has 0 N–H and O–H groups in total. The summed E-state index contributed by atoms with van der Waals surface area (Å²) in [5.74, 6) is 0.168. The fraction of sp³-hybridized carbons (Fsp3) is 0.571. The van der Waals surface area contributed by atoms with Gasteiger partial charge in [-0.05, 0) is 19.5 Å². The first-order valence-electron chi connectivity index (χ1n) is 7.05. The lowest BCUT2D eigenvalue weighted by Crippen LogP contribution is -2.48.